The number of amides is 2. The third-order valence-electron chi connectivity index (χ3n) is 4.49. The van der Waals surface area contributed by atoms with Gasteiger partial charge in [0.15, 0.2) is 6.61 Å². The van der Waals surface area contributed by atoms with Crippen molar-refractivity contribution in [1.82, 2.24) is 9.80 Å². The van der Waals surface area contributed by atoms with Crippen molar-refractivity contribution in [3.8, 4) is 5.75 Å². The van der Waals surface area contributed by atoms with Crippen molar-refractivity contribution in [2.75, 3.05) is 33.4 Å². The SMILES string of the molecule is CO[C@H]1C[C@H]2CN(C(=O)COc3cccc(C)c3)CC(=O)N2C1. The highest BCUT2D eigenvalue weighted by Crippen LogP contribution is 2.24. The molecule has 2 fully saturated rings. The van der Waals surface area contributed by atoms with Crippen LogP contribution in [0.2, 0.25) is 0 Å². The Balaban J connectivity index is 1.57. The molecule has 1 aromatic carbocycles. The van der Waals surface area contributed by atoms with Crippen molar-refractivity contribution < 1.29 is 19.1 Å². The summed E-state index contributed by atoms with van der Waals surface area (Å²) in [6.45, 7) is 3.24. The summed E-state index contributed by atoms with van der Waals surface area (Å²) in [5.74, 6) is 0.508. The maximum atomic E-state index is 12.3. The lowest BCUT2D eigenvalue weighted by molar-refractivity contribution is -0.148. The van der Waals surface area contributed by atoms with Gasteiger partial charge in [0.2, 0.25) is 5.91 Å². The average molecular weight is 318 g/mol. The van der Waals surface area contributed by atoms with E-state index in [1.807, 2.05) is 36.1 Å². The van der Waals surface area contributed by atoms with Crippen LogP contribution in [0.15, 0.2) is 24.3 Å². The molecule has 0 spiro atoms. The van der Waals surface area contributed by atoms with E-state index in [9.17, 15) is 9.59 Å². The summed E-state index contributed by atoms with van der Waals surface area (Å²) in [5.41, 5.74) is 1.08. The minimum Gasteiger partial charge on any atom is -0.484 e. The number of hydrogen-bond donors (Lipinski definition) is 0. The molecule has 1 aromatic rings. The minimum atomic E-state index is -0.152. The molecule has 0 N–H and O–H groups in total. The standard InChI is InChI=1S/C17H22N2O4/c1-12-4-3-5-14(6-12)23-11-17(21)18-8-13-7-15(22-2)9-19(13)16(20)10-18/h3-6,13,15H,7-11H2,1-2H3/t13-,15-/m0/s1. The first-order valence-corrected chi connectivity index (χ1v) is 7.86. The van der Waals surface area contributed by atoms with Gasteiger partial charge in [-0.1, -0.05) is 12.1 Å². The van der Waals surface area contributed by atoms with Crippen LogP contribution in [0.5, 0.6) is 5.75 Å². The number of hydrogen-bond acceptors (Lipinski definition) is 4. The fourth-order valence-corrected chi connectivity index (χ4v) is 3.23. The summed E-state index contributed by atoms with van der Waals surface area (Å²) in [4.78, 5) is 28.0. The zero-order valence-corrected chi connectivity index (χ0v) is 13.5. The molecule has 124 valence electrons. The number of nitrogens with zero attached hydrogens (tertiary/aromatic N) is 2. The van der Waals surface area contributed by atoms with Gasteiger partial charge in [0.25, 0.3) is 5.91 Å². The van der Waals surface area contributed by atoms with Crippen molar-refractivity contribution in [3.05, 3.63) is 29.8 Å². The smallest absolute Gasteiger partial charge is 0.261 e. The number of rotatable bonds is 4. The van der Waals surface area contributed by atoms with Crippen LogP contribution in [0.3, 0.4) is 0 Å². The van der Waals surface area contributed by atoms with Crippen molar-refractivity contribution >= 4 is 11.8 Å². The molecule has 6 heteroatoms. The summed E-state index contributed by atoms with van der Waals surface area (Å²) in [6.07, 6.45) is 0.854. The van der Waals surface area contributed by atoms with Gasteiger partial charge in [-0.2, -0.15) is 0 Å². The maximum Gasteiger partial charge on any atom is 0.261 e. The van der Waals surface area contributed by atoms with E-state index in [1.165, 1.54) is 0 Å². The Bertz CT molecular complexity index is 604. The molecule has 0 unspecified atom stereocenters. The molecule has 2 aliphatic heterocycles. The molecular formula is C17H22N2O4. The van der Waals surface area contributed by atoms with Gasteiger partial charge in [-0.25, -0.2) is 0 Å². The molecule has 0 aliphatic carbocycles. The van der Waals surface area contributed by atoms with E-state index in [2.05, 4.69) is 0 Å². The van der Waals surface area contributed by atoms with Crippen molar-refractivity contribution in [2.24, 2.45) is 0 Å². The van der Waals surface area contributed by atoms with Gasteiger partial charge in [-0.15, -0.1) is 0 Å². The van der Waals surface area contributed by atoms with Gasteiger partial charge >= 0.3 is 0 Å². The summed E-state index contributed by atoms with van der Waals surface area (Å²) < 4.78 is 10.9. The van der Waals surface area contributed by atoms with E-state index in [0.717, 1.165) is 12.0 Å². The van der Waals surface area contributed by atoms with E-state index < -0.39 is 0 Å². The average Bonchev–Trinajstić information content (AvgIpc) is 2.96. The van der Waals surface area contributed by atoms with Gasteiger partial charge in [-0.3, -0.25) is 9.59 Å². The third-order valence-corrected chi connectivity index (χ3v) is 4.49. The summed E-state index contributed by atoms with van der Waals surface area (Å²) in [7, 11) is 1.66. The number of methoxy groups -OCH3 is 1. The summed E-state index contributed by atoms with van der Waals surface area (Å²) in [6, 6.07) is 7.63. The number of carbonyl (C=O) groups excluding carboxylic acids is 2. The van der Waals surface area contributed by atoms with Crippen LogP contribution in [0, 0.1) is 6.92 Å². The molecule has 0 radical (unpaired) electrons. The van der Waals surface area contributed by atoms with E-state index in [4.69, 9.17) is 9.47 Å². The normalized spacial score (nSPS) is 23.8. The third kappa shape index (κ3) is 3.47. The first-order valence-electron chi connectivity index (χ1n) is 7.86. The topological polar surface area (TPSA) is 59.1 Å². The van der Waals surface area contributed by atoms with Gasteiger partial charge in [0.1, 0.15) is 5.75 Å². The molecule has 3 rings (SSSR count). The Morgan fingerprint density at radius 1 is 1.35 bits per heavy atom. The monoisotopic (exact) mass is 318 g/mol. The molecule has 2 heterocycles. The number of aryl methyl sites for hydroxylation is 1. The Labute approximate surface area is 136 Å². The van der Waals surface area contributed by atoms with Gasteiger partial charge in [-0.05, 0) is 31.0 Å². The number of benzene rings is 1. The Morgan fingerprint density at radius 3 is 2.91 bits per heavy atom. The molecular weight excluding hydrogens is 296 g/mol. The van der Waals surface area contributed by atoms with Crippen molar-refractivity contribution in [3.63, 3.8) is 0 Å². The lowest BCUT2D eigenvalue weighted by Crippen LogP contribution is -2.56. The van der Waals surface area contributed by atoms with Gasteiger partial charge in [0.05, 0.1) is 18.7 Å². The van der Waals surface area contributed by atoms with Crippen LogP contribution in [-0.4, -0.2) is 67.1 Å². The van der Waals surface area contributed by atoms with E-state index >= 15 is 0 Å². The molecule has 2 aliphatic rings. The second kappa shape index (κ2) is 6.58. The fraction of sp³-hybridized carbons (Fsp3) is 0.529. The second-order valence-electron chi connectivity index (χ2n) is 6.17. The minimum absolute atomic E-state index is 0.00953. The van der Waals surface area contributed by atoms with Crippen LogP contribution in [0.25, 0.3) is 0 Å². The predicted molar refractivity (Wildman–Crippen MR) is 84.2 cm³/mol. The van der Waals surface area contributed by atoms with E-state index in [1.54, 1.807) is 12.0 Å². The quantitative estimate of drug-likeness (QED) is 0.825. The molecule has 0 saturated carbocycles. The Morgan fingerprint density at radius 2 is 2.17 bits per heavy atom. The first kappa shape index (κ1) is 15.8. The molecule has 2 atom stereocenters. The molecule has 23 heavy (non-hydrogen) atoms. The van der Waals surface area contributed by atoms with E-state index in [0.29, 0.717) is 18.8 Å². The first-order chi connectivity index (χ1) is 11.1. The van der Waals surface area contributed by atoms with E-state index in [-0.39, 0.29) is 37.1 Å². The predicted octanol–water partition coefficient (Wildman–Crippen LogP) is 0.832. The number of piperazine rings is 1. The molecule has 2 saturated heterocycles. The molecule has 0 aromatic heterocycles. The van der Waals surface area contributed by atoms with Crippen LogP contribution < -0.4 is 4.74 Å². The number of fused-ring (bicyclic) bond motifs is 1. The Hall–Kier alpha value is -2.08. The van der Waals surface area contributed by atoms with Crippen LogP contribution in [0.4, 0.5) is 0 Å². The zero-order chi connectivity index (χ0) is 16.4. The van der Waals surface area contributed by atoms with Crippen molar-refractivity contribution in [2.45, 2.75) is 25.5 Å². The van der Waals surface area contributed by atoms with Crippen LogP contribution in [0.1, 0.15) is 12.0 Å². The second-order valence-corrected chi connectivity index (χ2v) is 6.17. The highest BCUT2D eigenvalue weighted by atomic mass is 16.5. The molecule has 0 bridgehead atoms. The largest absolute Gasteiger partial charge is 0.484 e. The van der Waals surface area contributed by atoms with Crippen LogP contribution in [-0.2, 0) is 14.3 Å². The van der Waals surface area contributed by atoms with Gasteiger partial charge in [0, 0.05) is 20.2 Å². The Kier molecular flexibility index (Phi) is 4.52. The van der Waals surface area contributed by atoms with Gasteiger partial charge < -0.3 is 19.3 Å². The molecule has 6 nitrogen and oxygen atoms in total. The lowest BCUT2D eigenvalue weighted by atomic mass is 10.1. The lowest BCUT2D eigenvalue weighted by Gasteiger charge is -2.36. The highest BCUT2D eigenvalue weighted by molar-refractivity contribution is 5.87. The summed E-state index contributed by atoms with van der Waals surface area (Å²) >= 11 is 0. The molecule has 2 amide bonds. The fourth-order valence-electron chi connectivity index (χ4n) is 3.23. The van der Waals surface area contributed by atoms with Crippen LogP contribution >= 0.6 is 0 Å². The van der Waals surface area contributed by atoms with Crippen molar-refractivity contribution in [1.29, 1.82) is 0 Å². The number of carbonyl (C=O) groups is 2. The number of ether oxygens (including phenoxy) is 2. The maximum absolute atomic E-state index is 12.3. The summed E-state index contributed by atoms with van der Waals surface area (Å²) in [5, 5.41) is 0. The highest BCUT2D eigenvalue weighted by Gasteiger charge is 2.41. The zero-order valence-electron chi connectivity index (χ0n) is 13.5.